The van der Waals surface area contributed by atoms with E-state index >= 15 is 0 Å². The fraction of sp³-hybridized carbons (Fsp3) is 0.0769. The third-order valence-electron chi connectivity index (χ3n) is 2.68. The third kappa shape index (κ3) is 2.57. The van der Waals surface area contributed by atoms with Crippen molar-refractivity contribution in [2.24, 2.45) is 5.84 Å². The molecule has 1 unspecified atom stereocenters. The summed E-state index contributed by atoms with van der Waals surface area (Å²) in [6.45, 7) is 0. The maximum absolute atomic E-state index is 13.5. The zero-order valence-electron chi connectivity index (χ0n) is 9.33. The van der Waals surface area contributed by atoms with Gasteiger partial charge in [-0.15, -0.1) is 0 Å². The summed E-state index contributed by atoms with van der Waals surface area (Å²) in [6.07, 6.45) is 0. The highest BCUT2D eigenvalue weighted by Crippen LogP contribution is 2.32. The summed E-state index contributed by atoms with van der Waals surface area (Å²) in [5, 5.41) is 0.580. The molecular formula is C13H11BrClFN2. The number of benzene rings is 2. The Labute approximate surface area is 118 Å². The van der Waals surface area contributed by atoms with E-state index in [0.717, 1.165) is 5.56 Å². The van der Waals surface area contributed by atoms with Crippen molar-refractivity contribution in [3.63, 3.8) is 0 Å². The summed E-state index contributed by atoms with van der Waals surface area (Å²) < 4.78 is 13.9. The maximum Gasteiger partial charge on any atom is 0.137 e. The lowest BCUT2D eigenvalue weighted by molar-refractivity contribution is 0.597. The standard InChI is InChI=1S/C13H11BrClFN2/c14-12-9(5-3-7-11(12)16)13(18-17)8-4-1-2-6-10(8)15/h1-7,13,18H,17H2. The molecule has 2 aromatic carbocycles. The number of rotatable bonds is 3. The first kappa shape index (κ1) is 13.5. The molecule has 0 aliphatic carbocycles. The van der Waals surface area contributed by atoms with Crippen LogP contribution in [0.25, 0.3) is 0 Å². The van der Waals surface area contributed by atoms with Crippen molar-refractivity contribution in [1.82, 2.24) is 5.43 Å². The van der Waals surface area contributed by atoms with Crippen LogP contribution in [-0.2, 0) is 0 Å². The van der Waals surface area contributed by atoms with Crippen LogP contribution in [0.4, 0.5) is 4.39 Å². The fourth-order valence-corrected chi connectivity index (χ4v) is 2.54. The molecule has 0 fully saturated rings. The molecule has 0 spiro atoms. The van der Waals surface area contributed by atoms with Gasteiger partial charge in [0.1, 0.15) is 5.82 Å². The number of hydrogen-bond donors (Lipinski definition) is 2. The van der Waals surface area contributed by atoms with E-state index in [1.807, 2.05) is 18.2 Å². The first-order valence-corrected chi connectivity index (χ1v) is 6.46. The Morgan fingerprint density at radius 3 is 2.44 bits per heavy atom. The second kappa shape index (κ2) is 5.80. The van der Waals surface area contributed by atoms with Gasteiger partial charge in [0.25, 0.3) is 0 Å². The Kier molecular flexibility index (Phi) is 4.35. The van der Waals surface area contributed by atoms with Gasteiger partial charge in [0.2, 0.25) is 0 Å². The van der Waals surface area contributed by atoms with Gasteiger partial charge in [-0.05, 0) is 39.2 Å². The summed E-state index contributed by atoms with van der Waals surface area (Å²) >= 11 is 9.36. The molecule has 3 N–H and O–H groups in total. The van der Waals surface area contributed by atoms with Crippen molar-refractivity contribution >= 4 is 27.5 Å². The van der Waals surface area contributed by atoms with E-state index in [0.29, 0.717) is 15.1 Å². The summed E-state index contributed by atoms with van der Waals surface area (Å²) in [5.41, 5.74) is 4.16. The van der Waals surface area contributed by atoms with Crippen LogP contribution < -0.4 is 11.3 Å². The van der Waals surface area contributed by atoms with Gasteiger partial charge in [0.05, 0.1) is 10.5 Å². The van der Waals surface area contributed by atoms with Gasteiger partial charge >= 0.3 is 0 Å². The molecule has 0 bridgehead atoms. The van der Waals surface area contributed by atoms with Gasteiger partial charge in [0.15, 0.2) is 0 Å². The molecule has 0 amide bonds. The van der Waals surface area contributed by atoms with E-state index in [1.54, 1.807) is 18.2 Å². The highest BCUT2D eigenvalue weighted by molar-refractivity contribution is 9.10. The van der Waals surface area contributed by atoms with Gasteiger partial charge in [-0.3, -0.25) is 5.84 Å². The number of halogens is 3. The molecule has 0 saturated carbocycles. The van der Waals surface area contributed by atoms with Crippen molar-refractivity contribution in [2.45, 2.75) is 6.04 Å². The molecule has 18 heavy (non-hydrogen) atoms. The van der Waals surface area contributed by atoms with E-state index in [-0.39, 0.29) is 11.9 Å². The predicted octanol–water partition coefficient (Wildman–Crippen LogP) is 3.79. The number of nitrogens with two attached hydrogens (primary N) is 1. The summed E-state index contributed by atoms with van der Waals surface area (Å²) in [4.78, 5) is 0. The van der Waals surface area contributed by atoms with E-state index in [4.69, 9.17) is 17.4 Å². The molecule has 5 heteroatoms. The van der Waals surface area contributed by atoms with Gasteiger partial charge in [-0.2, -0.15) is 0 Å². The Morgan fingerprint density at radius 1 is 1.11 bits per heavy atom. The molecule has 0 saturated heterocycles. The minimum atomic E-state index is -0.372. The van der Waals surface area contributed by atoms with Gasteiger partial charge in [-0.1, -0.05) is 41.9 Å². The van der Waals surface area contributed by atoms with Gasteiger partial charge in [-0.25, -0.2) is 9.82 Å². The van der Waals surface area contributed by atoms with E-state index < -0.39 is 0 Å². The number of hydrazine groups is 1. The molecular weight excluding hydrogens is 319 g/mol. The molecule has 0 radical (unpaired) electrons. The Morgan fingerprint density at radius 2 is 1.78 bits per heavy atom. The Hall–Kier alpha value is -0.940. The fourth-order valence-electron chi connectivity index (χ4n) is 1.80. The molecule has 94 valence electrons. The van der Waals surface area contributed by atoms with Gasteiger partial charge < -0.3 is 0 Å². The monoisotopic (exact) mass is 328 g/mol. The molecule has 0 aliphatic heterocycles. The van der Waals surface area contributed by atoms with E-state index in [9.17, 15) is 4.39 Å². The van der Waals surface area contributed by atoms with Crippen molar-refractivity contribution in [3.8, 4) is 0 Å². The van der Waals surface area contributed by atoms with Crippen LogP contribution in [-0.4, -0.2) is 0 Å². The van der Waals surface area contributed by atoms with Crippen LogP contribution in [0.15, 0.2) is 46.9 Å². The van der Waals surface area contributed by atoms with Crippen molar-refractivity contribution in [1.29, 1.82) is 0 Å². The lowest BCUT2D eigenvalue weighted by Gasteiger charge is -2.19. The highest BCUT2D eigenvalue weighted by Gasteiger charge is 2.19. The zero-order chi connectivity index (χ0) is 13.1. The zero-order valence-corrected chi connectivity index (χ0v) is 11.7. The first-order chi connectivity index (χ1) is 8.65. The van der Waals surface area contributed by atoms with Crippen LogP contribution in [0, 0.1) is 5.82 Å². The minimum Gasteiger partial charge on any atom is -0.271 e. The summed E-state index contributed by atoms with van der Waals surface area (Å²) in [7, 11) is 0. The molecule has 1 atom stereocenters. The maximum atomic E-state index is 13.5. The minimum absolute atomic E-state index is 0.334. The molecule has 2 rings (SSSR count). The quantitative estimate of drug-likeness (QED) is 0.664. The summed E-state index contributed by atoms with van der Waals surface area (Å²) in [6, 6.07) is 11.8. The topological polar surface area (TPSA) is 38.0 Å². The van der Waals surface area contributed by atoms with E-state index in [1.165, 1.54) is 6.07 Å². The summed E-state index contributed by atoms with van der Waals surface area (Å²) in [5.74, 6) is 5.24. The highest BCUT2D eigenvalue weighted by atomic mass is 79.9. The van der Waals surface area contributed by atoms with Crippen molar-refractivity contribution < 1.29 is 4.39 Å². The van der Waals surface area contributed by atoms with Crippen LogP contribution in [0.5, 0.6) is 0 Å². The lowest BCUT2D eigenvalue weighted by atomic mass is 9.99. The SMILES string of the molecule is NNC(c1ccccc1Cl)c1cccc(F)c1Br. The van der Waals surface area contributed by atoms with E-state index in [2.05, 4.69) is 21.4 Å². The second-order valence-electron chi connectivity index (χ2n) is 3.76. The lowest BCUT2D eigenvalue weighted by Crippen LogP contribution is -2.29. The van der Waals surface area contributed by atoms with Crippen molar-refractivity contribution in [2.75, 3.05) is 0 Å². The smallest absolute Gasteiger partial charge is 0.137 e. The Bertz CT molecular complexity index is 562. The number of hydrogen-bond acceptors (Lipinski definition) is 2. The molecule has 0 heterocycles. The number of nitrogens with one attached hydrogen (secondary N) is 1. The largest absolute Gasteiger partial charge is 0.271 e. The molecule has 0 aromatic heterocycles. The molecule has 0 aliphatic rings. The van der Waals surface area contributed by atoms with Crippen LogP contribution in [0.1, 0.15) is 17.2 Å². The average Bonchev–Trinajstić information content (AvgIpc) is 2.37. The van der Waals surface area contributed by atoms with Gasteiger partial charge in [0, 0.05) is 5.02 Å². The van der Waals surface area contributed by atoms with Crippen molar-refractivity contribution in [3.05, 3.63) is 68.9 Å². The third-order valence-corrected chi connectivity index (χ3v) is 3.86. The second-order valence-corrected chi connectivity index (χ2v) is 4.96. The average molecular weight is 330 g/mol. The van der Waals surface area contributed by atoms with Crippen LogP contribution in [0.3, 0.4) is 0 Å². The Balaban J connectivity index is 2.53. The predicted molar refractivity (Wildman–Crippen MR) is 74.7 cm³/mol. The first-order valence-electron chi connectivity index (χ1n) is 5.29. The normalized spacial score (nSPS) is 12.4. The van der Waals surface area contributed by atoms with Crippen LogP contribution >= 0.6 is 27.5 Å². The molecule has 2 aromatic rings. The molecule has 2 nitrogen and oxygen atoms in total. The van der Waals surface area contributed by atoms with Crippen LogP contribution in [0.2, 0.25) is 5.02 Å².